The molecule has 0 bridgehead atoms. The molecule has 1 aromatic rings. The predicted octanol–water partition coefficient (Wildman–Crippen LogP) is 1.98. The van der Waals surface area contributed by atoms with Crippen LogP contribution < -0.4 is 5.32 Å². The van der Waals surface area contributed by atoms with E-state index in [9.17, 15) is 4.79 Å². The number of carbonyl (C=O) groups excluding carboxylic acids is 1. The van der Waals surface area contributed by atoms with Crippen LogP contribution in [0.4, 0.5) is 0 Å². The van der Waals surface area contributed by atoms with E-state index in [1.807, 2.05) is 13.8 Å². The summed E-state index contributed by atoms with van der Waals surface area (Å²) in [4.78, 5) is 15.9. The lowest BCUT2D eigenvalue weighted by molar-refractivity contribution is 0.0911. The number of carbonyl (C=O) groups is 1. The van der Waals surface area contributed by atoms with Crippen LogP contribution >= 0.6 is 15.9 Å². The van der Waals surface area contributed by atoms with Gasteiger partial charge in [0.25, 0.3) is 5.91 Å². The molecule has 0 aliphatic carbocycles. The standard InChI is InChI=1S/C12H17BrN2O2/c1-8(2)10(5-6-16)15-12(17)11-4-3-9(13)7-14-11/h3-4,7-8,10,16H,5-6H2,1-2H3,(H,15,17). The van der Waals surface area contributed by atoms with Crippen LogP contribution in [0, 0.1) is 5.92 Å². The van der Waals surface area contributed by atoms with Gasteiger partial charge in [0.05, 0.1) is 0 Å². The summed E-state index contributed by atoms with van der Waals surface area (Å²) in [5.74, 6) is 0.0752. The molecule has 0 aliphatic rings. The number of nitrogens with zero attached hydrogens (tertiary/aromatic N) is 1. The van der Waals surface area contributed by atoms with Crippen molar-refractivity contribution in [2.24, 2.45) is 5.92 Å². The molecule has 0 saturated heterocycles. The molecule has 0 fully saturated rings. The first-order valence-corrected chi connectivity index (χ1v) is 6.37. The van der Waals surface area contributed by atoms with Gasteiger partial charge in [-0.15, -0.1) is 0 Å². The summed E-state index contributed by atoms with van der Waals surface area (Å²) < 4.78 is 0.838. The molecule has 4 nitrogen and oxygen atoms in total. The van der Waals surface area contributed by atoms with Gasteiger partial charge in [-0.25, -0.2) is 4.98 Å². The summed E-state index contributed by atoms with van der Waals surface area (Å²) in [5.41, 5.74) is 0.386. The fourth-order valence-electron chi connectivity index (χ4n) is 1.46. The smallest absolute Gasteiger partial charge is 0.270 e. The van der Waals surface area contributed by atoms with Gasteiger partial charge in [-0.05, 0) is 40.4 Å². The second-order valence-electron chi connectivity index (χ2n) is 4.20. The number of aliphatic hydroxyl groups is 1. The lowest BCUT2D eigenvalue weighted by atomic mass is 10.0. The van der Waals surface area contributed by atoms with Crippen molar-refractivity contribution in [3.8, 4) is 0 Å². The fourth-order valence-corrected chi connectivity index (χ4v) is 1.70. The molecule has 2 N–H and O–H groups in total. The highest BCUT2D eigenvalue weighted by Gasteiger charge is 2.17. The first-order valence-electron chi connectivity index (χ1n) is 5.58. The van der Waals surface area contributed by atoms with Crippen molar-refractivity contribution in [1.82, 2.24) is 10.3 Å². The Labute approximate surface area is 110 Å². The summed E-state index contributed by atoms with van der Waals surface area (Å²) in [5, 5.41) is 11.8. The number of nitrogens with one attached hydrogen (secondary N) is 1. The molecule has 0 aliphatic heterocycles. The summed E-state index contributed by atoms with van der Waals surface area (Å²) in [6, 6.07) is 3.41. The Kier molecular flexibility index (Phi) is 5.58. The van der Waals surface area contributed by atoms with Crippen LogP contribution in [-0.4, -0.2) is 28.6 Å². The van der Waals surface area contributed by atoms with E-state index >= 15 is 0 Å². The van der Waals surface area contributed by atoms with Crippen LogP contribution in [0.25, 0.3) is 0 Å². The van der Waals surface area contributed by atoms with Gasteiger partial charge in [0, 0.05) is 23.3 Å². The van der Waals surface area contributed by atoms with Crippen LogP contribution in [0.1, 0.15) is 30.8 Å². The van der Waals surface area contributed by atoms with Gasteiger partial charge >= 0.3 is 0 Å². The van der Waals surface area contributed by atoms with Crippen LogP contribution in [0.2, 0.25) is 0 Å². The highest BCUT2D eigenvalue weighted by molar-refractivity contribution is 9.10. The van der Waals surface area contributed by atoms with Gasteiger partial charge in [-0.2, -0.15) is 0 Å². The van der Waals surface area contributed by atoms with E-state index in [4.69, 9.17) is 5.11 Å². The van der Waals surface area contributed by atoms with Crippen molar-refractivity contribution in [1.29, 1.82) is 0 Å². The van der Waals surface area contributed by atoms with E-state index in [1.165, 1.54) is 0 Å². The number of hydrogen-bond acceptors (Lipinski definition) is 3. The third kappa shape index (κ3) is 4.44. The molecule has 1 amide bonds. The Morgan fingerprint density at radius 1 is 1.53 bits per heavy atom. The first-order chi connectivity index (χ1) is 8.04. The van der Waals surface area contributed by atoms with Gasteiger partial charge < -0.3 is 10.4 Å². The number of halogens is 1. The number of hydrogen-bond donors (Lipinski definition) is 2. The van der Waals surface area contributed by atoms with Crippen molar-refractivity contribution < 1.29 is 9.90 Å². The Morgan fingerprint density at radius 3 is 2.71 bits per heavy atom. The topological polar surface area (TPSA) is 62.2 Å². The van der Waals surface area contributed by atoms with E-state index in [0.717, 1.165) is 4.47 Å². The normalized spacial score (nSPS) is 12.5. The van der Waals surface area contributed by atoms with Gasteiger partial charge in [0.15, 0.2) is 0 Å². The average molecular weight is 301 g/mol. The van der Waals surface area contributed by atoms with Gasteiger partial charge in [-0.3, -0.25) is 4.79 Å². The van der Waals surface area contributed by atoms with Crippen LogP contribution in [0.3, 0.4) is 0 Å². The molecule has 1 rings (SSSR count). The number of aromatic nitrogens is 1. The van der Waals surface area contributed by atoms with Gasteiger partial charge in [0.1, 0.15) is 5.69 Å². The number of aliphatic hydroxyl groups excluding tert-OH is 1. The highest BCUT2D eigenvalue weighted by Crippen LogP contribution is 2.09. The Hall–Kier alpha value is -0.940. The summed E-state index contributed by atoms with van der Waals surface area (Å²) in [6.45, 7) is 4.09. The van der Waals surface area contributed by atoms with Crippen LogP contribution in [0.5, 0.6) is 0 Å². The second-order valence-corrected chi connectivity index (χ2v) is 5.11. The largest absolute Gasteiger partial charge is 0.396 e. The van der Waals surface area contributed by atoms with E-state index in [2.05, 4.69) is 26.2 Å². The monoisotopic (exact) mass is 300 g/mol. The molecule has 0 radical (unpaired) electrons. The minimum absolute atomic E-state index is 0.0297. The maximum absolute atomic E-state index is 11.9. The molecule has 0 aromatic carbocycles. The van der Waals surface area contributed by atoms with Gasteiger partial charge in [0.2, 0.25) is 0 Å². The maximum Gasteiger partial charge on any atom is 0.270 e. The molecule has 1 atom stereocenters. The third-order valence-electron chi connectivity index (χ3n) is 2.52. The van der Waals surface area contributed by atoms with E-state index in [-0.39, 0.29) is 24.5 Å². The zero-order chi connectivity index (χ0) is 12.8. The van der Waals surface area contributed by atoms with Gasteiger partial charge in [-0.1, -0.05) is 13.8 Å². The molecule has 94 valence electrons. The lowest BCUT2D eigenvalue weighted by Gasteiger charge is -2.21. The summed E-state index contributed by atoms with van der Waals surface area (Å²) >= 11 is 3.27. The number of rotatable bonds is 5. The number of amides is 1. The SMILES string of the molecule is CC(C)C(CCO)NC(=O)c1ccc(Br)cn1. The first kappa shape index (κ1) is 14.1. The summed E-state index contributed by atoms with van der Waals surface area (Å²) in [6.07, 6.45) is 2.14. The number of pyridine rings is 1. The van der Waals surface area contributed by atoms with Crippen molar-refractivity contribution >= 4 is 21.8 Å². The molecular formula is C12H17BrN2O2. The Balaban J connectivity index is 2.66. The Morgan fingerprint density at radius 2 is 2.24 bits per heavy atom. The molecule has 1 heterocycles. The van der Waals surface area contributed by atoms with E-state index in [1.54, 1.807) is 18.3 Å². The van der Waals surface area contributed by atoms with Crippen molar-refractivity contribution in [2.75, 3.05) is 6.61 Å². The van der Waals surface area contributed by atoms with Crippen LogP contribution in [0.15, 0.2) is 22.8 Å². The molecule has 0 saturated carbocycles. The van der Waals surface area contributed by atoms with Crippen molar-refractivity contribution in [3.05, 3.63) is 28.5 Å². The molecule has 1 unspecified atom stereocenters. The zero-order valence-electron chi connectivity index (χ0n) is 9.98. The molecule has 0 spiro atoms. The molecule has 1 aromatic heterocycles. The van der Waals surface area contributed by atoms with Crippen LogP contribution in [-0.2, 0) is 0 Å². The van der Waals surface area contributed by atoms with E-state index < -0.39 is 0 Å². The van der Waals surface area contributed by atoms with Crippen molar-refractivity contribution in [3.63, 3.8) is 0 Å². The maximum atomic E-state index is 11.9. The molecule has 17 heavy (non-hydrogen) atoms. The third-order valence-corrected chi connectivity index (χ3v) is 2.99. The average Bonchev–Trinajstić information content (AvgIpc) is 2.29. The predicted molar refractivity (Wildman–Crippen MR) is 69.7 cm³/mol. The molecular weight excluding hydrogens is 284 g/mol. The zero-order valence-corrected chi connectivity index (χ0v) is 11.6. The van der Waals surface area contributed by atoms with Crippen molar-refractivity contribution in [2.45, 2.75) is 26.3 Å². The quantitative estimate of drug-likeness (QED) is 0.874. The highest BCUT2D eigenvalue weighted by atomic mass is 79.9. The molecule has 5 heteroatoms. The fraction of sp³-hybridized carbons (Fsp3) is 0.500. The Bertz CT molecular complexity index is 365. The summed E-state index contributed by atoms with van der Waals surface area (Å²) in [7, 11) is 0. The van der Waals surface area contributed by atoms with E-state index in [0.29, 0.717) is 12.1 Å². The minimum atomic E-state index is -0.204. The lowest BCUT2D eigenvalue weighted by Crippen LogP contribution is -2.39. The second kappa shape index (κ2) is 6.71. The minimum Gasteiger partial charge on any atom is -0.396 e.